The molecule has 4 heterocycles. The molecule has 1 N–H and O–H groups in total. The topological polar surface area (TPSA) is 69.0 Å². The summed E-state index contributed by atoms with van der Waals surface area (Å²) in [4.78, 5) is 25.0. The van der Waals surface area contributed by atoms with Crippen molar-refractivity contribution in [2.24, 2.45) is 12.0 Å². The van der Waals surface area contributed by atoms with E-state index in [1.165, 1.54) is 10.4 Å². The third kappa shape index (κ3) is 4.30. The Kier molecular flexibility index (Phi) is 5.86. The first kappa shape index (κ1) is 19.9. The molecule has 1 saturated heterocycles. The van der Waals surface area contributed by atoms with Gasteiger partial charge in [-0.25, -0.2) is 0 Å². The summed E-state index contributed by atoms with van der Waals surface area (Å²) in [5.41, 5.74) is 2.32. The van der Waals surface area contributed by atoms with Crippen LogP contribution in [-0.4, -0.2) is 77.3 Å². The van der Waals surface area contributed by atoms with Crippen LogP contribution in [0.3, 0.4) is 0 Å². The van der Waals surface area contributed by atoms with Gasteiger partial charge in [0.05, 0.1) is 11.9 Å². The van der Waals surface area contributed by atoms with Gasteiger partial charge in [-0.05, 0) is 30.4 Å². The van der Waals surface area contributed by atoms with Crippen LogP contribution in [0.4, 0.5) is 5.69 Å². The van der Waals surface area contributed by atoms with Crippen molar-refractivity contribution in [3.05, 3.63) is 34.3 Å². The zero-order chi connectivity index (χ0) is 20.4. The second-order valence-electron chi connectivity index (χ2n) is 7.71. The van der Waals surface area contributed by atoms with Gasteiger partial charge in [0, 0.05) is 63.9 Å². The molecular weight excluding hydrogens is 386 g/mol. The van der Waals surface area contributed by atoms with Gasteiger partial charge in [-0.2, -0.15) is 5.10 Å². The molecule has 0 aliphatic carbocycles. The highest BCUT2D eigenvalue weighted by Gasteiger charge is 2.28. The van der Waals surface area contributed by atoms with Crippen LogP contribution in [0.25, 0.3) is 0 Å². The summed E-state index contributed by atoms with van der Waals surface area (Å²) in [6.45, 7) is 6.88. The Morgan fingerprint density at radius 1 is 1.34 bits per heavy atom. The maximum Gasteiger partial charge on any atom is 0.246 e. The molecule has 0 aromatic carbocycles. The number of aryl methyl sites for hydroxylation is 1. The molecule has 4 rings (SSSR count). The summed E-state index contributed by atoms with van der Waals surface area (Å²) >= 11 is 1.87. The Bertz CT molecular complexity index is 889. The van der Waals surface area contributed by atoms with Crippen LogP contribution in [-0.2, 0) is 24.8 Å². The zero-order valence-electron chi connectivity index (χ0n) is 17.3. The maximum absolute atomic E-state index is 12.7. The smallest absolute Gasteiger partial charge is 0.246 e. The van der Waals surface area contributed by atoms with Crippen LogP contribution < -0.4 is 10.2 Å². The van der Waals surface area contributed by atoms with Gasteiger partial charge < -0.3 is 15.1 Å². The minimum Gasteiger partial charge on any atom is -0.355 e. The van der Waals surface area contributed by atoms with Gasteiger partial charge in [0.25, 0.3) is 0 Å². The van der Waals surface area contributed by atoms with E-state index in [2.05, 4.69) is 38.7 Å². The molecule has 2 aliphatic rings. The number of aliphatic imine (C=N–C) groups is 1. The van der Waals surface area contributed by atoms with Gasteiger partial charge >= 0.3 is 0 Å². The third-order valence-electron chi connectivity index (χ3n) is 5.75. The van der Waals surface area contributed by atoms with Gasteiger partial charge in [-0.3, -0.25) is 19.4 Å². The molecule has 0 spiro atoms. The highest BCUT2D eigenvalue weighted by molar-refractivity contribution is 7.10. The molecule has 0 saturated carbocycles. The van der Waals surface area contributed by atoms with Crippen molar-refractivity contribution in [1.82, 2.24) is 24.9 Å². The first-order chi connectivity index (χ1) is 14.0. The van der Waals surface area contributed by atoms with Gasteiger partial charge in [-0.15, -0.1) is 11.3 Å². The van der Waals surface area contributed by atoms with Crippen LogP contribution in [0.2, 0.25) is 0 Å². The molecule has 1 fully saturated rings. The van der Waals surface area contributed by atoms with E-state index in [0.717, 1.165) is 44.2 Å². The van der Waals surface area contributed by atoms with Crippen molar-refractivity contribution in [3.8, 4) is 0 Å². The van der Waals surface area contributed by atoms with Crippen molar-refractivity contribution in [3.63, 3.8) is 0 Å². The van der Waals surface area contributed by atoms with Gasteiger partial charge in [0.2, 0.25) is 5.91 Å². The molecule has 9 heteroatoms. The average molecular weight is 416 g/mol. The lowest BCUT2D eigenvalue weighted by molar-refractivity contribution is -0.120. The second kappa shape index (κ2) is 8.54. The number of carbonyl (C=O) groups excluding carboxylic acids is 1. The van der Waals surface area contributed by atoms with Gasteiger partial charge in [-0.1, -0.05) is 0 Å². The summed E-state index contributed by atoms with van der Waals surface area (Å²) in [6.07, 6.45) is 4.75. The van der Waals surface area contributed by atoms with Crippen molar-refractivity contribution in [2.75, 3.05) is 44.7 Å². The molecule has 0 bridgehead atoms. The SMILES string of the molecule is CN=C(NCC(C)N1CCc2sccc2C1)N1CCN(c2cnn(C)c2)C(=O)C1. The van der Waals surface area contributed by atoms with Crippen molar-refractivity contribution >= 4 is 28.9 Å². The van der Waals surface area contributed by atoms with Crippen LogP contribution in [0.15, 0.2) is 28.8 Å². The van der Waals surface area contributed by atoms with Crippen molar-refractivity contribution in [2.45, 2.75) is 25.9 Å². The molecule has 29 heavy (non-hydrogen) atoms. The number of thiophene rings is 1. The van der Waals surface area contributed by atoms with E-state index in [4.69, 9.17) is 0 Å². The van der Waals surface area contributed by atoms with Gasteiger partial charge in [0.1, 0.15) is 6.54 Å². The summed E-state index contributed by atoms with van der Waals surface area (Å²) in [7, 11) is 3.64. The minimum atomic E-state index is 0.0706. The number of nitrogens with one attached hydrogen (secondary N) is 1. The Balaban J connectivity index is 1.30. The van der Waals surface area contributed by atoms with Gasteiger partial charge in [0.15, 0.2) is 5.96 Å². The van der Waals surface area contributed by atoms with Crippen LogP contribution in [0.1, 0.15) is 17.4 Å². The normalized spacial score (nSPS) is 19.4. The maximum atomic E-state index is 12.7. The predicted octanol–water partition coefficient (Wildman–Crippen LogP) is 1.15. The molecule has 0 radical (unpaired) electrons. The fraction of sp³-hybridized carbons (Fsp3) is 0.550. The monoisotopic (exact) mass is 415 g/mol. The van der Waals surface area contributed by atoms with E-state index in [-0.39, 0.29) is 5.91 Å². The predicted molar refractivity (Wildman–Crippen MR) is 116 cm³/mol. The number of piperazine rings is 1. The van der Waals surface area contributed by atoms with E-state index >= 15 is 0 Å². The third-order valence-corrected chi connectivity index (χ3v) is 6.77. The van der Waals surface area contributed by atoms with Crippen molar-refractivity contribution < 1.29 is 4.79 Å². The fourth-order valence-electron chi connectivity index (χ4n) is 4.02. The number of hydrogen-bond acceptors (Lipinski definition) is 5. The summed E-state index contributed by atoms with van der Waals surface area (Å²) in [6, 6.07) is 2.64. The summed E-state index contributed by atoms with van der Waals surface area (Å²) < 4.78 is 1.72. The Morgan fingerprint density at radius 3 is 2.93 bits per heavy atom. The summed E-state index contributed by atoms with van der Waals surface area (Å²) in [5, 5.41) is 9.85. The minimum absolute atomic E-state index is 0.0706. The molecule has 1 unspecified atom stereocenters. The standard InChI is InChI=1S/C20H29N7OS/c1-15(25-6-4-18-16(12-25)5-9-29-18)10-22-20(21-2)26-7-8-27(19(28)14-26)17-11-23-24(3)13-17/h5,9,11,13,15H,4,6-8,10,12,14H2,1-3H3,(H,21,22). The Hall–Kier alpha value is -2.39. The molecule has 2 aliphatic heterocycles. The number of carbonyl (C=O) groups is 1. The van der Waals surface area contributed by atoms with E-state index in [1.54, 1.807) is 22.8 Å². The zero-order valence-corrected chi connectivity index (χ0v) is 18.2. The molecule has 156 valence electrons. The molecule has 2 aromatic rings. The second-order valence-corrected chi connectivity index (χ2v) is 8.71. The largest absolute Gasteiger partial charge is 0.355 e. The number of nitrogens with zero attached hydrogens (tertiary/aromatic N) is 6. The van der Waals surface area contributed by atoms with E-state index in [1.807, 2.05) is 29.5 Å². The fourth-order valence-corrected chi connectivity index (χ4v) is 4.91. The molecule has 1 atom stereocenters. The average Bonchev–Trinajstić information content (AvgIpc) is 3.36. The molecular formula is C20H29N7OS. The number of fused-ring (bicyclic) bond motifs is 1. The Morgan fingerprint density at radius 2 is 2.21 bits per heavy atom. The lowest BCUT2D eigenvalue weighted by Gasteiger charge is -2.37. The molecule has 2 aromatic heterocycles. The van der Waals surface area contributed by atoms with Crippen LogP contribution in [0.5, 0.6) is 0 Å². The lowest BCUT2D eigenvalue weighted by Crippen LogP contribution is -2.56. The number of aromatic nitrogens is 2. The Labute approximate surface area is 175 Å². The highest BCUT2D eigenvalue weighted by Crippen LogP contribution is 2.25. The summed E-state index contributed by atoms with van der Waals surface area (Å²) in [5.74, 6) is 0.866. The van der Waals surface area contributed by atoms with Crippen molar-refractivity contribution in [1.29, 1.82) is 0 Å². The first-order valence-corrected chi connectivity index (χ1v) is 11.0. The number of hydrogen-bond donors (Lipinski definition) is 1. The molecule has 1 amide bonds. The number of amides is 1. The number of rotatable bonds is 4. The quantitative estimate of drug-likeness (QED) is 0.599. The number of anilines is 1. The number of guanidine groups is 1. The van der Waals surface area contributed by atoms with E-state index < -0.39 is 0 Å². The first-order valence-electron chi connectivity index (χ1n) is 10.1. The van der Waals surface area contributed by atoms with E-state index in [9.17, 15) is 4.79 Å². The van der Waals surface area contributed by atoms with E-state index in [0.29, 0.717) is 19.1 Å². The van der Waals surface area contributed by atoms with Crippen LogP contribution >= 0.6 is 11.3 Å². The lowest BCUT2D eigenvalue weighted by atomic mass is 10.1. The highest BCUT2D eigenvalue weighted by atomic mass is 32.1. The van der Waals surface area contributed by atoms with Crippen LogP contribution in [0, 0.1) is 0 Å². The molecule has 8 nitrogen and oxygen atoms in total.